The standard InChI is InChI=1S/C15H19N4O/c1-4-18(3)14-7-5-13(6-8-14)16-17-15-11-12(2)9-10-19(15)20/h5-11,20H,4H2,1-3H3/q+1. The largest absolute Gasteiger partial charge is 0.388 e. The van der Waals surface area contributed by atoms with Gasteiger partial charge in [-0.05, 0) is 59.6 Å². The van der Waals surface area contributed by atoms with Crippen LogP contribution in [-0.4, -0.2) is 18.8 Å². The van der Waals surface area contributed by atoms with Gasteiger partial charge in [0.2, 0.25) is 0 Å². The molecule has 5 heteroatoms. The average molecular weight is 271 g/mol. The first-order valence-corrected chi connectivity index (χ1v) is 6.54. The zero-order valence-corrected chi connectivity index (χ0v) is 12.0. The van der Waals surface area contributed by atoms with Gasteiger partial charge < -0.3 is 10.1 Å². The van der Waals surface area contributed by atoms with E-state index in [-0.39, 0.29) is 0 Å². The van der Waals surface area contributed by atoms with Crippen molar-refractivity contribution in [3.8, 4) is 0 Å². The molecule has 1 heterocycles. The summed E-state index contributed by atoms with van der Waals surface area (Å²) in [6, 6.07) is 11.4. The summed E-state index contributed by atoms with van der Waals surface area (Å²) in [5, 5.41) is 17.8. The van der Waals surface area contributed by atoms with Crippen LogP contribution in [-0.2, 0) is 0 Å². The molecule has 0 amide bonds. The van der Waals surface area contributed by atoms with Crippen molar-refractivity contribution in [2.24, 2.45) is 10.2 Å². The molecular weight excluding hydrogens is 252 g/mol. The molecular formula is C15H19N4O+. The molecule has 5 nitrogen and oxygen atoms in total. The number of pyridine rings is 1. The Labute approximate surface area is 118 Å². The first kappa shape index (κ1) is 14.0. The fourth-order valence-corrected chi connectivity index (χ4v) is 1.72. The smallest absolute Gasteiger partial charge is 0.375 e. The monoisotopic (exact) mass is 271 g/mol. The van der Waals surface area contributed by atoms with E-state index in [2.05, 4.69) is 22.1 Å². The number of anilines is 1. The fourth-order valence-electron chi connectivity index (χ4n) is 1.72. The zero-order valence-electron chi connectivity index (χ0n) is 12.0. The van der Waals surface area contributed by atoms with E-state index in [0.29, 0.717) is 5.82 Å². The molecule has 1 aromatic heterocycles. The molecule has 0 spiro atoms. The molecule has 0 saturated heterocycles. The summed E-state index contributed by atoms with van der Waals surface area (Å²) in [7, 11) is 2.04. The van der Waals surface area contributed by atoms with Crippen LogP contribution in [0.15, 0.2) is 52.8 Å². The number of aromatic nitrogens is 1. The Morgan fingerprint density at radius 3 is 2.50 bits per heavy atom. The van der Waals surface area contributed by atoms with E-state index in [9.17, 15) is 5.21 Å². The Hall–Kier alpha value is -2.43. The molecule has 0 bridgehead atoms. The van der Waals surface area contributed by atoms with Gasteiger partial charge in [0.05, 0.1) is 5.11 Å². The SMILES string of the molecule is CCN(C)c1ccc(N=Nc2cc(C)cc[n+]2O)cc1. The third kappa shape index (κ3) is 3.32. The highest BCUT2D eigenvalue weighted by molar-refractivity contribution is 5.52. The maximum atomic E-state index is 9.62. The minimum absolute atomic E-state index is 0.403. The predicted octanol–water partition coefficient (Wildman–Crippen LogP) is 3.39. The molecule has 20 heavy (non-hydrogen) atoms. The van der Waals surface area contributed by atoms with E-state index >= 15 is 0 Å². The van der Waals surface area contributed by atoms with Gasteiger partial charge in [0.15, 0.2) is 0 Å². The second kappa shape index (κ2) is 6.14. The van der Waals surface area contributed by atoms with E-state index in [1.807, 2.05) is 38.2 Å². The zero-order chi connectivity index (χ0) is 14.5. The molecule has 0 aliphatic carbocycles. The minimum atomic E-state index is 0.403. The topological polar surface area (TPSA) is 52.1 Å². The molecule has 0 aliphatic heterocycles. The summed E-state index contributed by atoms with van der Waals surface area (Å²) >= 11 is 0. The summed E-state index contributed by atoms with van der Waals surface area (Å²) in [6.07, 6.45) is 1.54. The molecule has 0 radical (unpaired) electrons. The minimum Gasteiger partial charge on any atom is -0.375 e. The highest BCUT2D eigenvalue weighted by Gasteiger charge is 2.08. The Morgan fingerprint density at radius 1 is 1.15 bits per heavy atom. The second-order valence-electron chi connectivity index (χ2n) is 4.64. The highest BCUT2D eigenvalue weighted by atomic mass is 16.5. The summed E-state index contributed by atoms with van der Waals surface area (Å²) in [5.41, 5.74) is 2.91. The molecule has 104 valence electrons. The van der Waals surface area contributed by atoms with Crippen molar-refractivity contribution < 1.29 is 9.94 Å². The number of hydrogen-bond donors (Lipinski definition) is 1. The number of aryl methyl sites for hydroxylation is 1. The Morgan fingerprint density at radius 2 is 1.85 bits per heavy atom. The van der Waals surface area contributed by atoms with Crippen LogP contribution in [0.2, 0.25) is 0 Å². The maximum absolute atomic E-state index is 9.62. The van der Waals surface area contributed by atoms with Crippen molar-refractivity contribution in [1.29, 1.82) is 0 Å². The molecule has 0 aliphatic rings. The van der Waals surface area contributed by atoms with Gasteiger partial charge in [-0.25, -0.2) is 0 Å². The summed E-state index contributed by atoms with van der Waals surface area (Å²) in [5.74, 6) is 0.403. The van der Waals surface area contributed by atoms with Crippen molar-refractivity contribution in [3.63, 3.8) is 0 Å². The molecule has 0 atom stereocenters. The lowest BCUT2D eigenvalue weighted by Crippen LogP contribution is -2.29. The van der Waals surface area contributed by atoms with Gasteiger partial charge in [0.1, 0.15) is 11.9 Å². The van der Waals surface area contributed by atoms with Crippen molar-refractivity contribution >= 4 is 17.2 Å². The van der Waals surface area contributed by atoms with E-state index in [1.54, 1.807) is 18.3 Å². The molecule has 0 saturated carbocycles. The van der Waals surface area contributed by atoms with Crippen LogP contribution in [0.5, 0.6) is 0 Å². The van der Waals surface area contributed by atoms with Crippen LogP contribution in [0.1, 0.15) is 12.5 Å². The first-order valence-electron chi connectivity index (χ1n) is 6.54. The van der Waals surface area contributed by atoms with Gasteiger partial charge in [-0.1, -0.05) is 0 Å². The lowest BCUT2D eigenvalue weighted by molar-refractivity contribution is -0.894. The van der Waals surface area contributed by atoms with Gasteiger partial charge in [-0.15, -0.1) is 0 Å². The van der Waals surface area contributed by atoms with Crippen LogP contribution in [0.4, 0.5) is 17.2 Å². The van der Waals surface area contributed by atoms with Gasteiger partial charge in [0, 0.05) is 25.3 Å². The van der Waals surface area contributed by atoms with Crippen LogP contribution in [0.25, 0.3) is 0 Å². The third-order valence-corrected chi connectivity index (χ3v) is 3.10. The van der Waals surface area contributed by atoms with Crippen molar-refractivity contribution in [3.05, 3.63) is 48.2 Å². The third-order valence-electron chi connectivity index (χ3n) is 3.10. The average Bonchev–Trinajstić information content (AvgIpc) is 2.48. The number of benzene rings is 1. The number of rotatable bonds is 4. The normalized spacial score (nSPS) is 10.9. The number of hydrogen-bond acceptors (Lipinski definition) is 4. The van der Waals surface area contributed by atoms with Crippen molar-refractivity contribution in [2.45, 2.75) is 13.8 Å². The lowest BCUT2D eigenvalue weighted by Gasteiger charge is -2.15. The van der Waals surface area contributed by atoms with Gasteiger partial charge >= 0.3 is 5.82 Å². The molecule has 1 N–H and O–H groups in total. The molecule has 0 fully saturated rings. The van der Waals surface area contributed by atoms with E-state index in [1.165, 1.54) is 0 Å². The number of azo groups is 1. The quantitative estimate of drug-likeness (QED) is 0.526. The summed E-state index contributed by atoms with van der Waals surface area (Å²) < 4.78 is 0.954. The maximum Gasteiger partial charge on any atom is 0.388 e. The summed E-state index contributed by atoms with van der Waals surface area (Å²) in [6.45, 7) is 4.99. The molecule has 0 unspecified atom stereocenters. The van der Waals surface area contributed by atoms with Crippen molar-refractivity contribution in [1.82, 2.24) is 0 Å². The lowest BCUT2D eigenvalue weighted by atomic mass is 10.2. The van der Waals surface area contributed by atoms with E-state index in [0.717, 1.165) is 28.2 Å². The number of nitrogens with zero attached hydrogens (tertiary/aromatic N) is 4. The van der Waals surface area contributed by atoms with Crippen LogP contribution >= 0.6 is 0 Å². The van der Waals surface area contributed by atoms with Crippen LogP contribution < -0.4 is 9.63 Å². The molecule has 2 rings (SSSR count). The molecule has 1 aromatic carbocycles. The Balaban J connectivity index is 2.17. The molecule has 2 aromatic rings. The Kier molecular flexibility index (Phi) is 4.30. The summed E-state index contributed by atoms with van der Waals surface area (Å²) in [4.78, 5) is 2.14. The van der Waals surface area contributed by atoms with Gasteiger partial charge in [-0.2, -0.15) is 0 Å². The van der Waals surface area contributed by atoms with Crippen molar-refractivity contribution in [2.75, 3.05) is 18.5 Å². The Bertz CT molecular complexity index is 608. The van der Waals surface area contributed by atoms with E-state index < -0.39 is 0 Å². The highest BCUT2D eigenvalue weighted by Crippen LogP contribution is 2.20. The van der Waals surface area contributed by atoms with E-state index in [4.69, 9.17) is 0 Å². The predicted molar refractivity (Wildman–Crippen MR) is 78.1 cm³/mol. The first-order chi connectivity index (χ1) is 9.60. The second-order valence-corrected chi connectivity index (χ2v) is 4.64. The van der Waals surface area contributed by atoms with Crippen LogP contribution in [0, 0.1) is 6.92 Å². The van der Waals surface area contributed by atoms with Gasteiger partial charge in [-0.3, -0.25) is 0 Å². The van der Waals surface area contributed by atoms with Crippen LogP contribution in [0.3, 0.4) is 0 Å². The fraction of sp³-hybridized carbons (Fsp3) is 0.267. The van der Waals surface area contributed by atoms with Gasteiger partial charge in [0.25, 0.3) is 0 Å².